The molecular formula is C27H26N2O4. The summed E-state index contributed by atoms with van der Waals surface area (Å²) in [5, 5.41) is 23.6. The van der Waals surface area contributed by atoms with Crippen molar-refractivity contribution in [3.8, 4) is 16.9 Å². The maximum Gasteiger partial charge on any atom is 0.255 e. The first-order chi connectivity index (χ1) is 16.2. The summed E-state index contributed by atoms with van der Waals surface area (Å²) in [6.45, 7) is 0.322. The van der Waals surface area contributed by atoms with E-state index < -0.39 is 6.04 Å². The van der Waals surface area contributed by atoms with Gasteiger partial charge in [-0.05, 0) is 58.5 Å². The van der Waals surface area contributed by atoms with Crippen LogP contribution >= 0.6 is 0 Å². The minimum atomic E-state index is -0.435. The molecule has 6 heteroatoms. The van der Waals surface area contributed by atoms with Crippen LogP contribution < -0.4 is 10.1 Å². The van der Waals surface area contributed by atoms with Crippen molar-refractivity contribution in [2.45, 2.75) is 25.5 Å². The van der Waals surface area contributed by atoms with Crippen LogP contribution in [0, 0.1) is 0 Å². The summed E-state index contributed by atoms with van der Waals surface area (Å²) in [5.74, 6) is 0.338. The number of fused-ring (bicyclic) bond motifs is 2. The van der Waals surface area contributed by atoms with Crippen LogP contribution in [0.2, 0.25) is 0 Å². The Kier molecular flexibility index (Phi) is 5.86. The highest BCUT2D eigenvalue weighted by atomic mass is 16.5. The number of hydrogen-bond acceptors (Lipinski definition) is 4. The molecule has 1 amide bonds. The summed E-state index contributed by atoms with van der Waals surface area (Å²) in [7, 11) is 0. The fourth-order valence-corrected chi connectivity index (χ4v) is 4.48. The van der Waals surface area contributed by atoms with E-state index in [-0.39, 0.29) is 19.1 Å². The summed E-state index contributed by atoms with van der Waals surface area (Å²) >= 11 is 0. The third-order valence-corrected chi connectivity index (χ3v) is 6.17. The Hall–Kier alpha value is -3.61. The molecule has 0 spiro atoms. The van der Waals surface area contributed by atoms with Crippen molar-refractivity contribution in [3.05, 3.63) is 89.1 Å². The van der Waals surface area contributed by atoms with Gasteiger partial charge in [-0.2, -0.15) is 0 Å². The number of aromatic nitrogens is 1. The van der Waals surface area contributed by atoms with Crippen molar-refractivity contribution in [2.75, 3.05) is 13.2 Å². The van der Waals surface area contributed by atoms with E-state index in [4.69, 9.17) is 4.74 Å². The maximum absolute atomic E-state index is 13.3. The first-order valence-electron chi connectivity index (χ1n) is 11.1. The molecule has 3 aromatic carbocycles. The monoisotopic (exact) mass is 442 g/mol. The molecule has 2 heterocycles. The van der Waals surface area contributed by atoms with Crippen LogP contribution in [0.4, 0.5) is 0 Å². The number of para-hydroxylation sites is 1. The second kappa shape index (κ2) is 9.10. The van der Waals surface area contributed by atoms with Crippen LogP contribution in [-0.2, 0) is 19.4 Å². The zero-order valence-electron chi connectivity index (χ0n) is 18.2. The molecule has 33 heavy (non-hydrogen) atoms. The van der Waals surface area contributed by atoms with Crippen LogP contribution in [0.1, 0.15) is 27.0 Å². The Morgan fingerprint density at radius 3 is 2.79 bits per heavy atom. The van der Waals surface area contributed by atoms with Crippen LogP contribution in [0.3, 0.4) is 0 Å². The SMILES string of the molecule is O=C(N[C@@H](CO)Cc1c[nH]c2ccccc12)c1cc(-c2cccc(CO)c2)cc2c1OCC2. The first-order valence-corrected chi connectivity index (χ1v) is 11.1. The van der Waals surface area contributed by atoms with Crippen LogP contribution in [0.15, 0.2) is 66.9 Å². The maximum atomic E-state index is 13.3. The van der Waals surface area contributed by atoms with E-state index in [9.17, 15) is 15.0 Å². The number of aliphatic hydroxyl groups is 2. The Bertz CT molecular complexity index is 1310. The van der Waals surface area contributed by atoms with Crippen LogP contribution in [-0.4, -0.2) is 40.4 Å². The van der Waals surface area contributed by atoms with Gasteiger partial charge in [0.2, 0.25) is 0 Å². The zero-order chi connectivity index (χ0) is 22.8. The van der Waals surface area contributed by atoms with E-state index in [0.717, 1.165) is 45.1 Å². The predicted octanol–water partition coefficient (Wildman–Crippen LogP) is 3.60. The van der Waals surface area contributed by atoms with E-state index in [1.807, 2.05) is 66.9 Å². The topological polar surface area (TPSA) is 94.6 Å². The number of amides is 1. The number of carbonyl (C=O) groups excluding carboxylic acids is 1. The molecule has 5 rings (SSSR count). The summed E-state index contributed by atoms with van der Waals surface area (Å²) in [4.78, 5) is 16.6. The lowest BCUT2D eigenvalue weighted by Crippen LogP contribution is -2.39. The van der Waals surface area contributed by atoms with Gasteiger partial charge in [0.15, 0.2) is 0 Å². The van der Waals surface area contributed by atoms with Gasteiger partial charge in [0.1, 0.15) is 5.75 Å². The number of aromatic amines is 1. The number of carbonyl (C=O) groups is 1. The zero-order valence-corrected chi connectivity index (χ0v) is 18.2. The number of benzene rings is 3. The van der Waals surface area contributed by atoms with Crippen molar-refractivity contribution in [1.82, 2.24) is 10.3 Å². The molecule has 1 atom stereocenters. The van der Waals surface area contributed by atoms with Gasteiger partial charge in [0.25, 0.3) is 5.91 Å². The molecule has 1 aliphatic rings. The average Bonchev–Trinajstić information content (AvgIpc) is 3.50. The number of hydrogen-bond donors (Lipinski definition) is 4. The number of nitrogens with one attached hydrogen (secondary N) is 2. The smallest absolute Gasteiger partial charge is 0.255 e. The summed E-state index contributed by atoms with van der Waals surface area (Å²) in [6.07, 6.45) is 3.17. The standard InChI is InChI=1S/C27H26N2O4/c30-15-17-4-3-5-18(10-17)20-11-19-8-9-33-26(19)24(13-20)27(32)29-22(16-31)12-21-14-28-25-7-2-1-6-23(21)25/h1-7,10-11,13-14,22,28,30-31H,8-9,12,15-16H2,(H,29,32)/t22-/m1/s1. The van der Waals surface area contributed by atoms with Gasteiger partial charge in [0.05, 0.1) is 31.4 Å². The minimum absolute atomic E-state index is 0.0404. The lowest BCUT2D eigenvalue weighted by molar-refractivity contribution is 0.0913. The van der Waals surface area contributed by atoms with Gasteiger partial charge in [-0.15, -0.1) is 0 Å². The van der Waals surface area contributed by atoms with Gasteiger partial charge in [-0.1, -0.05) is 36.4 Å². The minimum Gasteiger partial charge on any atom is -0.492 e. The van der Waals surface area contributed by atoms with E-state index in [0.29, 0.717) is 24.3 Å². The molecule has 0 fully saturated rings. The second-order valence-corrected chi connectivity index (χ2v) is 8.39. The van der Waals surface area contributed by atoms with Gasteiger partial charge in [0, 0.05) is 23.5 Å². The molecule has 168 valence electrons. The van der Waals surface area contributed by atoms with Crippen LogP contribution in [0.5, 0.6) is 5.75 Å². The highest BCUT2D eigenvalue weighted by Crippen LogP contribution is 2.35. The number of rotatable bonds is 7. The molecule has 4 N–H and O–H groups in total. The highest BCUT2D eigenvalue weighted by molar-refractivity contribution is 5.99. The molecule has 0 bridgehead atoms. The lowest BCUT2D eigenvalue weighted by Gasteiger charge is -2.18. The largest absolute Gasteiger partial charge is 0.492 e. The quantitative estimate of drug-likeness (QED) is 0.352. The summed E-state index contributed by atoms with van der Waals surface area (Å²) in [6, 6.07) is 19.1. The van der Waals surface area contributed by atoms with E-state index in [1.54, 1.807) is 0 Å². The molecule has 6 nitrogen and oxygen atoms in total. The van der Waals surface area contributed by atoms with Crippen molar-refractivity contribution < 1.29 is 19.7 Å². The third kappa shape index (κ3) is 4.23. The Morgan fingerprint density at radius 1 is 1.06 bits per heavy atom. The number of ether oxygens (including phenoxy) is 1. The fourth-order valence-electron chi connectivity index (χ4n) is 4.48. The van der Waals surface area contributed by atoms with E-state index >= 15 is 0 Å². The van der Waals surface area contributed by atoms with E-state index in [1.165, 1.54) is 0 Å². The Labute approximate surface area is 191 Å². The number of aliphatic hydroxyl groups excluding tert-OH is 2. The number of H-pyrrole nitrogens is 1. The molecule has 1 aromatic heterocycles. The second-order valence-electron chi connectivity index (χ2n) is 8.39. The van der Waals surface area contributed by atoms with Gasteiger partial charge in [-0.3, -0.25) is 4.79 Å². The normalized spacial score (nSPS) is 13.5. The Balaban J connectivity index is 1.43. The molecule has 0 saturated carbocycles. The van der Waals surface area contributed by atoms with Crippen molar-refractivity contribution in [2.24, 2.45) is 0 Å². The van der Waals surface area contributed by atoms with Gasteiger partial charge >= 0.3 is 0 Å². The van der Waals surface area contributed by atoms with Crippen molar-refractivity contribution >= 4 is 16.8 Å². The first kappa shape index (κ1) is 21.2. The fraction of sp³-hybridized carbons (Fsp3) is 0.222. The van der Waals surface area contributed by atoms with Crippen molar-refractivity contribution in [1.29, 1.82) is 0 Å². The van der Waals surface area contributed by atoms with E-state index in [2.05, 4.69) is 10.3 Å². The Morgan fingerprint density at radius 2 is 1.94 bits per heavy atom. The molecule has 4 aromatic rings. The summed E-state index contributed by atoms with van der Waals surface area (Å²) < 4.78 is 5.80. The molecule has 0 aliphatic carbocycles. The molecule has 0 radical (unpaired) electrons. The van der Waals surface area contributed by atoms with Crippen molar-refractivity contribution in [3.63, 3.8) is 0 Å². The highest BCUT2D eigenvalue weighted by Gasteiger charge is 2.24. The predicted molar refractivity (Wildman–Crippen MR) is 127 cm³/mol. The average molecular weight is 443 g/mol. The lowest BCUT2D eigenvalue weighted by atomic mass is 9.96. The van der Waals surface area contributed by atoms with Crippen LogP contribution in [0.25, 0.3) is 22.0 Å². The molecule has 0 saturated heterocycles. The summed E-state index contributed by atoms with van der Waals surface area (Å²) in [5.41, 5.74) is 6.17. The third-order valence-electron chi connectivity index (χ3n) is 6.17. The van der Waals surface area contributed by atoms with Gasteiger partial charge < -0.3 is 25.3 Å². The molecule has 1 aliphatic heterocycles. The molecule has 0 unspecified atom stereocenters. The molecular weight excluding hydrogens is 416 g/mol. The van der Waals surface area contributed by atoms with Gasteiger partial charge in [-0.25, -0.2) is 0 Å².